The Labute approximate surface area is 233 Å². The fraction of sp³-hybridized carbons (Fsp3) is 0.310. The number of rotatable bonds is 7. The van der Waals surface area contributed by atoms with Gasteiger partial charge in [0.05, 0.1) is 5.56 Å². The number of carbonyl (C=O) groups excluding carboxylic acids is 1. The van der Waals surface area contributed by atoms with Gasteiger partial charge in [-0.15, -0.1) is 10.2 Å². The predicted molar refractivity (Wildman–Crippen MR) is 147 cm³/mol. The van der Waals surface area contributed by atoms with E-state index in [9.17, 15) is 18.4 Å². The van der Waals surface area contributed by atoms with Gasteiger partial charge in [0.2, 0.25) is 5.43 Å². The predicted octanol–water partition coefficient (Wildman–Crippen LogP) is 4.74. The Morgan fingerprint density at radius 2 is 1.90 bits per heavy atom. The maximum atomic E-state index is 14.3. The van der Waals surface area contributed by atoms with Crippen LogP contribution in [0.2, 0.25) is 0 Å². The number of carbonyl (C=O) groups is 1. The molecular weight excluding hydrogens is 536 g/mol. The highest BCUT2D eigenvalue weighted by Gasteiger charge is 2.41. The second-order valence-electron chi connectivity index (χ2n) is 9.81. The van der Waals surface area contributed by atoms with Crippen LogP contribution in [0.4, 0.5) is 8.78 Å². The van der Waals surface area contributed by atoms with Gasteiger partial charge in [-0.2, -0.15) is 0 Å². The van der Waals surface area contributed by atoms with Crippen molar-refractivity contribution in [1.82, 2.24) is 19.8 Å². The van der Waals surface area contributed by atoms with E-state index in [1.807, 2.05) is 37.3 Å². The molecule has 2 aliphatic rings. The maximum Gasteiger partial charge on any atom is 0.278 e. The van der Waals surface area contributed by atoms with E-state index < -0.39 is 17.1 Å². The molecule has 0 spiro atoms. The lowest BCUT2D eigenvalue weighted by molar-refractivity contribution is 0.0533. The van der Waals surface area contributed by atoms with Gasteiger partial charge in [0, 0.05) is 31.8 Å². The summed E-state index contributed by atoms with van der Waals surface area (Å²) in [4.78, 5) is 29.5. The standard InChI is InChI=1S/C29H27F2N5O3S/c1-2-34-24-10-6-7-13-35(24)36-16-21(28-33-32-23(40-28)14-19-11-12-20(30)15-22(19)31)26(37)27(25(36)29(34)38)39-17-18-8-4-3-5-9-18/h3-5,8-9,11-12,15-16,24H,2,6-7,10,13-14,17H2,1H3/t24-/m0/s1. The Morgan fingerprint density at radius 1 is 1.07 bits per heavy atom. The van der Waals surface area contributed by atoms with Gasteiger partial charge >= 0.3 is 0 Å². The Hall–Kier alpha value is -4.12. The van der Waals surface area contributed by atoms with Crippen LogP contribution in [0.5, 0.6) is 5.75 Å². The van der Waals surface area contributed by atoms with E-state index in [1.165, 1.54) is 12.1 Å². The molecule has 0 bridgehead atoms. The number of fused-ring (bicyclic) bond motifs is 3. The van der Waals surface area contributed by atoms with Crippen molar-refractivity contribution in [2.75, 3.05) is 18.1 Å². The molecule has 1 atom stereocenters. The molecule has 2 aliphatic heterocycles. The summed E-state index contributed by atoms with van der Waals surface area (Å²) in [5.74, 6) is -1.61. The molecule has 2 aromatic carbocycles. The highest BCUT2D eigenvalue weighted by molar-refractivity contribution is 7.14. The Kier molecular flexibility index (Phi) is 7.05. The summed E-state index contributed by atoms with van der Waals surface area (Å²) >= 11 is 1.15. The van der Waals surface area contributed by atoms with E-state index in [1.54, 1.807) is 15.8 Å². The lowest BCUT2D eigenvalue weighted by Gasteiger charge is -2.48. The number of amides is 1. The number of piperidine rings is 1. The zero-order valence-electron chi connectivity index (χ0n) is 21.8. The molecule has 0 unspecified atom stereocenters. The van der Waals surface area contributed by atoms with Gasteiger partial charge in [0.15, 0.2) is 16.5 Å². The first-order chi connectivity index (χ1) is 19.4. The normalized spacial score (nSPS) is 16.6. The summed E-state index contributed by atoms with van der Waals surface area (Å²) in [6, 6.07) is 12.8. The van der Waals surface area contributed by atoms with Crippen LogP contribution < -0.4 is 15.2 Å². The maximum absolute atomic E-state index is 14.3. The zero-order valence-corrected chi connectivity index (χ0v) is 22.7. The third kappa shape index (κ3) is 4.74. The molecule has 4 aromatic rings. The lowest BCUT2D eigenvalue weighted by atomic mass is 10.1. The van der Waals surface area contributed by atoms with Crippen molar-refractivity contribution >= 4 is 17.2 Å². The zero-order chi connectivity index (χ0) is 27.8. The first-order valence-electron chi connectivity index (χ1n) is 13.3. The molecule has 206 valence electrons. The molecule has 11 heteroatoms. The smallest absolute Gasteiger partial charge is 0.278 e. The Balaban J connectivity index is 1.44. The van der Waals surface area contributed by atoms with Gasteiger partial charge < -0.3 is 9.64 Å². The minimum Gasteiger partial charge on any atom is -0.482 e. The number of pyridine rings is 1. The van der Waals surface area contributed by atoms with Gasteiger partial charge in [-0.1, -0.05) is 47.7 Å². The average Bonchev–Trinajstić information content (AvgIpc) is 3.43. The summed E-state index contributed by atoms with van der Waals surface area (Å²) in [6.45, 7) is 3.27. The largest absolute Gasteiger partial charge is 0.482 e. The van der Waals surface area contributed by atoms with Crippen molar-refractivity contribution in [3.8, 4) is 16.3 Å². The van der Waals surface area contributed by atoms with E-state index in [0.717, 1.165) is 42.2 Å². The fourth-order valence-corrected chi connectivity index (χ4v) is 6.22. The van der Waals surface area contributed by atoms with Crippen LogP contribution in [-0.2, 0) is 13.0 Å². The number of ether oxygens (including phenoxy) is 1. The highest BCUT2D eigenvalue weighted by Crippen LogP contribution is 2.33. The van der Waals surface area contributed by atoms with E-state index in [0.29, 0.717) is 23.1 Å². The van der Waals surface area contributed by atoms with Crippen LogP contribution in [0.25, 0.3) is 10.6 Å². The molecule has 0 radical (unpaired) electrons. The molecule has 0 saturated carbocycles. The van der Waals surface area contributed by atoms with Gasteiger partial charge in [0.1, 0.15) is 29.4 Å². The second kappa shape index (κ2) is 10.8. The summed E-state index contributed by atoms with van der Waals surface area (Å²) in [6.07, 6.45) is 4.42. The molecular formula is C29H27F2N5O3S. The van der Waals surface area contributed by atoms with E-state index in [4.69, 9.17) is 4.74 Å². The highest BCUT2D eigenvalue weighted by atomic mass is 32.1. The molecule has 1 amide bonds. The SMILES string of the molecule is CCN1C(=O)c2c(OCc3ccccc3)c(=O)c(-c3nnc(Cc4ccc(F)cc4F)s3)cn2N2CCCC[C@@H]12. The van der Waals surface area contributed by atoms with E-state index in [-0.39, 0.29) is 47.7 Å². The topological polar surface area (TPSA) is 80.6 Å². The van der Waals surface area contributed by atoms with Crippen molar-refractivity contribution in [3.63, 3.8) is 0 Å². The molecule has 0 N–H and O–H groups in total. The van der Waals surface area contributed by atoms with Crippen molar-refractivity contribution in [3.05, 3.63) is 98.4 Å². The molecule has 6 rings (SSSR count). The fourth-order valence-electron chi connectivity index (χ4n) is 5.35. The molecule has 1 fully saturated rings. The number of hydrogen-bond acceptors (Lipinski definition) is 7. The minimum absolute atomic E-state index is 0.0323. The Morgan fingerprint density at radius 3 is 2.67 bits per heavy atom. The Bertz CT molecular complexity index is 1620. The number of benzene rings is 2. The van der Waals surface area contributed by atoms with Crippen LogP contribution >= 0.6 is 11.3 Å². The average molecular weight is 564 g/mol. The third-order valence-corrected chi connectivity index (χ3v) is 8.27. The summed E-state index contributed by atoms with van der Waals surface area (Å²) in [5.41, 5.74) is 1.12. The van der Waals surface area contributed by atoms with Crippen LogP contribution in [0.3, 0.4) is 0 Å². The first kappa shape index (κ1) is 26.1. The van der Waals surface area contributed by atoms with Crippen molar-refractivity contribution in [1.29, 1.82) is 0 Å². The monoisotopic (exact) mass is 563 g/mol. The molecule has 2 aromatic heterocycles. The van der Waals surface area contributed by atoms with Crippen LogP contribution in [0, 0.1) is 11.6 Å². The van der Waals surface area contributed by atoms with Crippen molar-refractivity contribution < 1.29 is 18.3 Å². The second-order valence-corrected chi connectivity index (χ2v) is 10.9. The van der Waals surface area contributed by atoms with Crippen molar-refractivity contribution in [2.24, 2.45) is 0 Å². The summed E-state index contributed by atoms with van der Waals surface area (Å²) in [5, 5.41) is 11.3. The van der Waals surface area contributed by atoms with Gasteiger partial charge in [-0.25, -0.2) is 8.78 Å². The number of halogens is 2. The first-order valence-corrected chi connectivity index (χ1v) is 14.1. The van der Waals surface area contributed by atoms with Crippen LogP contribution in [-0.4, -0.2) is 44.9 Å². The molecule has 4 heterocycles. The number of hydrogen-bond donors (Lipinski definition) is 0. The van der Waals surface area contributed by atoms with Gasteiger partial charge in [0.25, 0.3) is 5.91 Å². The van der Waals surface area contributed by atoms with E-state index in [2.05, 4.69) is 15.2 Å². The summed E-state index contributed by atoms with van der Waals surface area (Å²) < 4.78 is 35.5. The minimum atomic E-state index is -0.669. The molecule has 0 aliphatic carbocycles. The van der Waals surface area contributed by atoms with Gasteiger partial charge in [-0.05, 0) is 43.4 Å². The van der Waals surface area contributed by atoms with Crippen LogP contribution in [0.15, 0.2) is 59.5 Å². The third-order valence-electron chi connectivity index (χ3n) is 7.31. The van der Waals surface area contributed by atoms with Gasteiger partial charge in [-0.3, -0.25) is 19.3 Å². The van der Waals surface area contributed by atoms with E-state index >= 15 is 0 Å². The quantitative estimate of drug-likeness (QED) is 0.323. The lowest BCUT2D eigenvalue weighted by Crippen LogP contribution is -2.63. The molecule has 8 nitrogen and oxygen atoms in total. The number of nitrogens with zero attached hydrogens (tertiary/aromatic N) is 5. The summed E-state index contributed by atoms with van der Waals surface area (Å²) in [7, 11) is 0. The molecule has 1 saturated heterocycles. The number of aromatic nitrogens is 3. The van der Waals surface area contributed by atoms with Crippen molar-refractivity contribution in [2.45, 2.75) is 45.4 Å². The molecule has 40 heavy (non-hydrogen) atoms. The van der Waals surface area contributed by atoms with Crippen LogP contribution in [0.1, 0.15) is 52.8 Å².